The number of aromatic nitrogens is 1. The molecule has 4 nitrogen and oxygen atoms in total. The van der Waals surface area contributed by atoms with Crippen LogP contribution < -0.4 is 5.32 Å². The maximum atomic E-state index is 11.8. The van der Waals surface area contributed by atoms with E-state index < -0.39 is 0 Å². The molecule has 2 heterocycles. The van der Waals surface area contributed by atoms with Crippen LogP contribution in [0, 0.1) is 5.92 Å². The largest absolute Gasteiger partial charge is 0.352 e. The number of nitrogens with one attached hydrogen (secondary N) is 1. The van der Waals surface area contributed by atoms with E-state index in [4.69, 9.17) is 0 Å². The van der Waals surface area contributed by atoms with Crippen LogP contribution in [0.25, 0.3) is 10.9 Å². The highest BCUT2D eigenvalue weighted by molar-refractivity contribution is 5.88. The van der Waals surface area contributed by atoms with Crippen molar-refractivity contribution in [2.75, 3.05) is 19.6 Å². The normalized spacial score (nSPS) is 18.1. The highest BCUT2D eigenvalue weighted by atomic mass is 16.1. The van der Waals surface area contributed by atoms with Crippen molar-refractivity contribution < 1.29 is 4.79 Å². The molecule has 4 heteroatoms. The summed E-state index contributed by atoms with van der Waals surface area (Å²) in [6.07, 6.45) is 5.90. The van der Waals surface area contributed by atoms with Gasteiger partial charge in [0.2, 0.25) is 5.91 Å². The predicted molar refractivity (Wildman–Crippen MR) is 102 cm³/mol. The minimum absolute atomic E-state index is 0.0235. The Balaban J connectivity index is 1.60. The Morgan fingerprint density at radius 1 is 1.32 bits per heavy atom. The fourth-order valence-corrected chi connectivity index (χ4v) is 3.56. The van der Waals surface area contributed by atoms with Crippen LogP contribution in [-0.4, -0.2) is 35.4 Å². The number of benzene rings is 1. The van der Waals surface area contributed by atoms with Gasteiger partial charge >= 0.3 is 0 Å². The Labute approximate surface area is 149 Å². The van der Waals surface area contributed by atoms with Gasteiger partial charge in [0, 0.05) is 37.3 Å². The summed E-state index contributed by atoms with van der Waals surface area (Å²) in [6.45, 7) is 7.71. The van der Waals surface area contributed by atoms with Gasteiger partial charge in [-0.1, -0.05) is 29.8 Å². The van der Waals surface area contributed by atoms with Crippen LogP contribution in [0.4, 0.5) is 0 Å². The quantitative estimate of drug-likeness (QED) is 0.849. The van der Waals surface area contributed by atoms with E-state index in [2.05, 4.69) is 39.5 Å². The van der Waals surface area contributed by atoms with E-state index in [0.29, 0.717) is 5.92 Å². The minimum Gasteiger partial charge on any atom is -0.352 e. The summed E-state index contributed by atoms with van der Waals surface area (Å²) in [5, 5.41) is 4.24. The molecule has 0 aliphatic carbocycles. The maximum absolute atomic E-state index is 11.8. The summed E-state index contributed by atoms with van der Waals surface area (Å²) in [6, 6.07) is 10.5. The SMILES string of the molecule is CC(C)=CC(=O)NC[C@H]1CCCN(Cc2cccc3cccnc23)C1. The second-order valence-electron chi connectivity index (χ2n) is 7.20. The smallest absolute Gasteiger partial charge is 0.243 e. The molecule has 1 amide bonds. The maximum Gasteiger partial charge on any atom is 0.243 e. The number of carbonyl (C=O) groups is 1. The van der Waals surface area contributed by atoms with Gasteiger partial charge in [-0.15, -0.1) is 0 Å². The lowest BCUT2D eigenvalue weighted by atomic mass is 9.97. The van der Waals surface area contributed by atoms with Crippen LogP contribution in [0.3, 0.4) is 0 Å². The monoisotopic (exact) mass is 337 g/mol. The highest BCUT2D eigenvalue weighted by Crippen LogP contribution is 2.22. The van der Waals surface area contributed by atoms with Crippen LogP contribution in [0.15, 0.2) is 48.2 Å². The molecule has 0 spiro atoms. The summed E-state index contributed by atoms with van der Waals surface area (Å²) in [5.74, 6) is 0.543. The zero-order valence-electron chi connectivity index (χ0n) is 15.2. The van der Waals surface area contributed by atoms with E-state index >= 15 is 0 Å². The Kier molecular flexibility index (Phi) is 5.82. The van der Waals surface area contributed by atoms with E-state index in [9.17, 15) is 4.79 Å². The molecule has 1 aliphatic heterocycles. The van der Waals surface area contributed by atoms with Gasteiger partial charge in [-0.2, -0.15) is 0 Å². The highest BCUT2D eigenvalue weighted by Gasteiger charge is 2.20. The van der Waals surface area contributed by atoms with Crippen LogP contribution >= 0.6 is 0 Å². The van der Waals surface area contributed by atoms with Gasteiger partial charge in [0.05, 0.1) is 5.52 Å². The number of hydrogen-bond donors (Lipinski definition) is 1. The third kappa shape index (κ3) is 4.89. The van der Waals surface area contributed by atoms with Crippen molar-refractivity contribution >= 4 is 16.8 Å². The third-order valence-corrected chi connectivity index (χ3v) is 4.70. The molecule has 0 radical (unpaired) electrons. The summed E-state index contributed by atoms with van der Waals surface area (Å²) < 4.78 is 0. The number of piperidine rings is 1. The summed E-state index contributed by atoms with van der Waals surface area (Å²) in [4.78, 5) is 18.9. The average Bonchev–Trinajstić information content (AvgIpc) is 2.60. The first-order valence-electron chi connectivity index (χ1n) is 9.09. The first-order chi connectivity index (χ1) is 12.1. The number of fused-ring (bicyclic) bond motifs is 1. The van der Waals surface area contributed by atoms with Crippen LogP contribution in [0.2, 0.25) is 0 Å². The fourth-order valence-electron chi connectivity index (χ4n) is 3.56. The van der Waals surface area contributed by atoms with Crippen LogP contribution in [0.5, 0.6) is 0 Å². The topological polar surface area (TPSA) is 45.2 Å². The number of nitrogens with zero attached hydrogens (tertiary/aromatic N) is 2. The van der Waals surface area contributed by atoms with Crippen molar-refractivity contribution in [2.45, 2.75) is 33.2 Å². The van der Waals surface area contributed by atoms with E-state index in [1.54, 1.807) is 6.08 Å². The second-order valence-corrected chi connectivity index (χ2v) is 7.20. The molecule has 0 bridgehead atoms. The molecular weight excluding hydrogens is 310 g/mol. The molecule has 1 N–H and O–H groups in total. The lowest BCUT2D eigenvalue weighted by Gasteiger charge is -2.33. The van der Waals surface area contributed by atoms with E-state index in [-0.39, 0.29) is 5.91 Å². The lowest BCUT2D eigenvalue weighted by Crippen LogP contribution is -2.40. The molecule has 25 heavy (non-hydrogen) atoms. The predicted octanol–water partition coefficient (Wildman–Crippen LogP) is 3.53. The molecule has 2 aromatic rings. The summed E-state index contributed by atoms with van der Waals surface area (Å²) >= 11 is 0. The number of likely N-dealkylation sites (tertiary alicyclic amines) is 1. The number of pyridine rings is 1. The average molecular weight is 337 g/mol. The van der Waals surface area contributed by atoms with Crippen LogP contribution in [-0.2, 0) is 11.3 Å². The van der Waals surface area contributed by atoms with Gasteiger partial charge in [-0.05, 0) is 50.8 Å². The minimum atomic E-state index is 0.0235. The molecule has 1 aromatic carbocycles. The van der Waals surface area contributed by atoms with Crippen molar-refractivity contribution in [3.05, 3.63) is 53.7 Å². The van der Waals surface area contributed by atoms with Gasteiger partial charge in [-0.25, -0.2) is 0 Å². The zero-order valence-corrected chi connectivity index (χ0v) is 15.2. The van der Waals surface area contributed by atoms with E-state index in [0.717, 1.165) is 37.3 Å². The van der Waals surface area contributed by atoms with E-state index in [1.807, 2.05) is 26.1 Å². The molecule has 1 fully saturated rings. The van der Waals surface area contributed by atoms with Crippen molar-refractivity contribution in [3.8, 4) is 0 Å². The van der Waals surface area contributed by atoms with Crippen molar-refractivity contribution in [2.24, 2.45) is 5.92 Å². The molecule has 132 valence electrons. The number of para-hydroxylation sites is 1. The van der Waals surface area contributed by atoms with E-state index in [1.165, 1.54) is 23.8 Å². The zero-order chi connectivity index (χ0) is 17.6. The molecule has 0 unspecified atom stereocenters. The first-order valence-corrected chi connectivity index (χ1v) is 9.09. The van der Waals surface area contributed by atoms with Gasteiger partial charge in [0.25, 0.3) is 0 Å². The van der Waals surface area contributed by atoms with Crippen molar-refractivity contribution in [3.63, 3.8) is 0 Å². The van der Waals surface area contributed by atoms with Gasteiger partial charge in [0.1, 0.15) is 0 Å². The Morgan fingerprint density at radius 3 is 3.00 bits per heavy atom. The number of amides is 1. The molecular formula is C21H27N3O. The summed E-state index contributed by atoms with van der Waals surface area (Å²) in [5.41, 5.74) is 3.42. The molecule has 1 saturated heterocycles. The first kappa shape index (κ1) is 17.6. The molecule has 1 aliphatic rings. The van der Waals surface area contributed by atoms with Gasteiger partial charge in [0.15, 0.2) is 0 Å². The lowest BCUT2D eigenvalue weighted by molar-refractivity contribution is -0.116. The summed E-state index contributed by atoms with van der Waals surface area (Å²) in [7, 11) is 0. The molecule has 1 aromatic heterocycles. The van der Waals surface area contributed by atoms with Crippen molar-refractivity contribution in [1.29, 1.82) is 0 Å². The fraction of sp³-hybridized carbons (Fsp3) is 0.429. The number of carbonyl (C=O) groups excluding carboxylic acids is 1. The molecule has 0 saturated carbocycles. The molecule has 3 rings (SSSR count). The number of allylic oxidation sites excluding steroid dienone is 1. The Morgan fingerprint density at radius 2 is 2.16 bits per heavy atom. The number of hydrogen-bond acceptors (Lipinski definition) is 3. The van der Waals surface area contributed by atoms with Crippen molar-refractivity contribution in [1.82, 2.24) is 15.2 Å². The van der Waals surface area contributed by atoms with Gasteiger partial charge < -0.3 is 5.32 Å². The van der Waals surface area contributed by atoms with Gasteiger partial charge in [-0.3, -0.25) is 14.7 Å². The second kappa shape index (κ2) is 8.26. The Bertz CT molecular complexity index is 759. The standard InChI is InChI=1S/C21H27N3O/c1-16(2)12-20(25)23-13-17-6-5-11-24(14-17)15-19-8-3-7-18-9-4-10-22-21(18)19/h3-4,7-10,12,17H,5-6,11,13-15H2,1-2H3,(H,23,25)/t17-/m1/s1. The third-order valence-electron chi connectivity index (χ3n) is 4.70. The molecule has 1 atom stereocenters. The number of rotatable bonds is 5. The van der Waals surface area contributed by atoms with Crippen LogP contribution in [0.1, 0.15) is 32.3 Å². The Hall–Kier alpha value is -2.20.